The van der Waals surface area contributed by atoms with Crippen LogP contribution in [-0.2, 0) is 25.7 Å². The number of carbonyl (C=O) groups excluding carboxylic acids is 2. The van der Waals surface area contributed by atoms with Gasteiger partial charge in [0.1, 0.15) is 6.61 Å². The number of rotatable bonds is 6. The maximum Gasteiger partial charge on any atom is 0.193 e. The number of Topliss-reactive ketones (excluding diaryl/α,β-unsaturated/α-hetero) is 1. The van der Waals surface area contributed by atoms with Gasteiger partial charge in [0.05, 0.1) is 24.9 Å². The number of hydrogen-bond acceptors (Lipinski definition) is 7. The normalized spacial score (nSPS) is 40.3. The molecule has 0 amide bonds. The Hall–Kier alpha value is -2.88. The third-order valence-corrected chi connectivity index (χ3v) is 11.9. The van der Waals surface area contributed by atoms with E-state index < -0.39 is 47.3 Å². The lowest BCUT2D eigenvalue weighted by Gasteiger charge is -2.59. The van der Waals surface area contributed by atoms with E-state index in [4.69, 9.17) is 9.47 Å². The summed E-state index contributed by atoms with van der Waals surface area (Å²) in [5, 5.41) is 31.6. The third kappa shape index (κ3) is 4.00. The molecule has 0 spiro atoms. The fourth-order valence-corrected chi connectivity index (χ4v) is 9.77. The molecular weight excluding hydrogens is 546 g/mol. The van der Waals surface area contributed by atoms with Gasteiger partial charge in [0, 0.05) is 34.7 Å². The summed E-state index contributed by atoms with van der Waals surface area (Å²) in [5.41, 5.74) is 1.25. The minimum absolute atomic E-state index is 0.00120. The van der Waals surface area contributed by atoms with E-state index in [1.807, 2.05) is 55.7 Å². The standard InChI is InChI=1S/C35H41NO7/c1-20(22-6-4-5-21(13-22)18-37)36-12-10-23(17-36)32-42-30-15-27-26-8-7-24-14-25(39)9-11-33(24,2)31(26)28(40)16-34(27,3)35(30,43-32)29(41)19-38/h4-6,9-14,17,20,26-28,30-32,37-38,40H,7-8,15-16,18-19H2,1-3H3/t20-,26-,27-,28-,30+,31+,32+,33-,34-,35+/m0/s1. The average Bonchev–Trinajstić information content (AvgIpc) is 3.69. The number of carbonyl (C=O) groups is 2. The quantitative estimate of drug-likeness (QED) is 0.464. The number of ether oxygens (including phenoxy) is 2. The number of benzene rings is 1. The van der Waals surface area contributed by atoms with Crippen molar-refractivity contribution >= 4 is 11.6 Å². The van der Waals surface area contributed by atoms with E-state index in [1.165, 1.54) is 0 Å². The van der Waals surface area contributed by atoms with Gasteiger partial charge in [-0.2, -0.15) is 0 Å². The highest BCUT2D eigenvalue weighted by Gasteiger charge is 2.75. The minimum atomic E-state index is -1.37. The van der Waals surface area contributed by atoms with Crippen molar-refractivity contribution in [3.8, 4) is 0 Å². The van der Waals surface area contributed by atoms with Crippen molar-refractivity contribution in [2.75, 3.05) is 6.61 Å². The predicted octanol–water partition coefficient (Wildman–Crippen LogP) is 4.19. The molecule has 3 saturated carbocycles. The van der Waals surface area contributed by atoms with Gasteiger partial charge in [-0.3, -0.25) is 9.59 Å². The molecule has 0 radical (unpaired) electrons. The molecular formula is C35H41NO7. The lowest BCUT2D eigenvalue weighted by atomic mass is 9.46. The van der Waals surface area contributed by atoms with E-state index in [2.05, 4.69) is 18.4 Å². The number of hydrogen-bond donors (Lipinski definition) is 3. The summed E-state index contributed by atoms with van der Waals surface area (Å²) >= 11 is 0. The van der Waals surface area contributed by atoms with Crippen LogP contribution in [0.3, 0.4) is 0 Å². The van der Waals surface area contributed by atoms with Gasteiger partial charge in [0.25, 0.3) is 0 Å². The first kappa shape index (κ1) is 28.9. The van der Waals surface area contributed by atoms with E-state index >= 15 is 0 Å². The molecule has 43 heavy (non-hydrogen) atoms. The molecule has 2 aromatic rings. The Labute approximate surface area is 252 Å². The van der Waals surface area contributed by atoms with Crippen molar-refractivity contribution in [2.24, 2.45) is 28.6 Å². The average molecular weight is 588 g/mol. The fraction of sp³-hybridized carbons (Fsp3) is 0.543. The van der Waals surface area contributed by atoms with Crippen LogP contribution in [0.4, 0.5) is 0 Å². The number of fused-ring (bicyclic) bond motifs is 7. The molecule has 1 aromatic heterocycles. The number of ketones is 2. The number of nitrogens with zero attached hydrogens (tertiary/aromatic N) is 1. The van der Waals surface area contributed by atoms with Gasteiger partial charge in [0.2, 0.25) is 0 Å². The molecule has 1 aliphatic heterocycles. The van der Waals surface area contributed by atoms with Crippen LogP contribution in [0, 0.1) is 28.6 Å². The predicted molar refractivity (Wildman–Crippen MR) is 158 cm³/mol. The van der Waals surface area contributed by atoms with Gasteiger partial charge in [-0.15, -0.1) is 0 Å². The van der Waals surface area contributed by atoms with Crippen molar-refractivity contribution in [2.45, 2.75) is 83.2 Å². The highest BCUT2D eigenvalue weighted by Crippen LogP contribution is 2.70. The second-order valence-electron chi connectivity index (χ2n) is 13.8. The fourth-order valence-electron chi connectivity index (χ4n) is 9.77. The highest BCUT2D eigenvalue weighted by atomic mass is 16.7. The van der Waals surface area contributed by atoms with Gasteiger partial charge in [-0.25, -0.2) is 0 Å². The first-order valence-electron chi connectivity index (χ1n) is 15.5. The van der Waals surface area contributed by atoms with Crippen LogP contribution in [0.15, 0.2) is 66.5 Å². The Morgan fingerprint density at radius 2 is 2.02 bits per heavy atom. The van der Waals surface area contributed by atoms with E-state index in [0.717, 1.165) is 35.1 Å². The highest BCUT2D eigenvalue weighted by molar-refractivity contribution is 6.01. The number of aliphatic hydroxyl groups is 3. The van der Waals surface area contributed by atoms with Crippen LogP contribution in [0.1, 0.15) is 75.5 Å². The molecule has 228 valence electrons. The molecule has 8 nitrogen and oxygen atoms in total. The number of allylic oxidation sites excluding steroid dienone is 4. The van der Waals surface area contributed by atoms with Gasteiger partial charge >= 0.3 is 0 Å². The first-order chi connectivity index (χ1) is 20.6. The maximum atomic E-state index is 13.8. The van der Waals surface area contributed by atoms with Crippen molar-refractivity contribution in [3.05, 3.63) is 83.2 Å². The van der Waals surface area contributed by atoms with Crippen molar-refractivity contribution in [1.29, 1.82) is 0 Å². The van der Waals surface area contributed by atoms with Crippen LogP contribution in [0.25, 0.3) is 0 Å². The van der Waals surface area contributed by atoms with E-state index in [0.29, 0.717) is 12.8 Å². The zero-order chi connectivity index (χ0) is 30.3. The molecule has 0 bridgehead atoms. The van der Waals surface area contributed by atoms with E-state index in [-0.39, 0.29) is 36.2 Å². The molecule has 5 aliphatic rings. The Morgan fingerprint density at radius 3 is 2.79 bits per heavy atom. The summed E-state index contributed by atoms with van der Waals surface area (Å²) in [7, 11) is 0. The van der Waals surface area contributed by atoms with Crippen molar-refractivity contribution in [1.82, 2.24) is 4.57 Å². The molecule has 1 saturated heterocycles. The molecule has 4 fully saturated rings. The largest absolute Gasteiger partial charge is 0.393 e. The summed E-state index contributed by atoms with van der Waals surface area (Å²) < 4.78 is 15.4. The monoisotopic (exact) mass is 587 g/mol. The zero-order valence-corrected chi connectivity index (χ0v) is 25.0. The van der Waals surface area contributed by atoms with Crippen molar-refractivity contribution in [3.63, 3.8) is 0 Å². The van der Waals surface area contributed by atoms with E-state index in [9.17, 15) is 24.9 Å². The lowest BCUT2D eigenvalue weighted by molar-refractivity contribution is -0.201. The molecule has 0 unspecified atom stereocenters. The summed E-state index contributed by atoms with van der Waals surface area (Å²) in [5.74, 6) is -0.306. The molecule has 10 atom stereocenters. The van der Waals surface area contributed by atoms with Crippen LogP contribution in [0.5, 0.6) is 0 Å². The summed E-state index contributed by atoms with van der Waals surface area (Å²) in [6, 6.07) is 9.77. The third-order valence-electron chi connectivity index (χ3n) is 11.9. The topological polar surface area (TPSA) is 118 Å². The van der Waals surface area contributed by atoms with Crippen LogP contribution in [-0.4, -0.2) is 55.9 Å². The Bertz CT molecular complexity index is 1530. The SMILES string of the molecule is C[C@@H](c1cccc(CO)c1)n1ccc([C@@H]2O[C@@H]3C[C@H]4[C@@H]5CCC6=CC(=O)C=C[C@]6(C)[C@H]5[C@@H](O)C[C@]4(C)[C@]3(C(=O)CO)O2)c1. The summed E-state index contributed by atoms with van der Waals surface area (Å²) in [6.07, 6.45) is 9.79. The van der Waals surface area contributed by atoms with Gasteiger partial charge in [-0.1, -0.05) is 49.8 Å². The number of aliphatic hydroxyl groups excluding tert-OH is 3. The van der Waals surface area contributed by atoms with Crippen molar-refractivity contribution < 1.29 is 34.4 Å². The zero-order valence-electron chi connectivity index (χ0n) is 25.0. The van der Waals surface area contributed by atoms with Crippen LogP contribution in [0.2, 0.25) is 0 Å². The first-order valence-corrected chi connectivity index (χ1v) is 15.5. The van der Waals surface area contributed by atoms with Crippen LogP contribution < -0.4 is 0 Å². The second-order valence-corrected chi connectivity index (χ2v) is 13.8. The summed E-state index contributed by atoms with van der Waals surface area (Å²) in [6.45, 7) is 5.58. The van der Waals surface area contributed by atoms with E-state index in [1.54, 1.807) is 12.2 Å². The summed E-state index contributed by atoms with van der Waals surface area (Å²) in [4.78, 5) is 26.0. The molecule has 7 rings (SSSR count). The second kappa shape index (κ2) is 10.1. The van der Waals surface area contributed by atoms with Gasteiger partial charge in [-0.05, 0) is 73.8 Å². The molecule has 3 N–H and O–H groups in total. The van der Waals surface area contributed by atoms with Crippen LogP contribution >= 0.6 is 0 Å². The maximum absolute atomic E-state index is 13.8. The molecule has 2 heterocycles. The van der Waals surface area contributed by atoms with Gasteiger partial charge < -0.3 is 29.4 Å². The smallest absolute Gasteiger partial charge is 0.193 e. The molecule has 8 heteroatoms. The minimum Gasteiger partial charge on any atom is -0.393 e. The number of aromatic nitrogens is 1. The Morgan fingerprint density at radius 1 is 1.21 bits per heavy atom. The van der Waals surface area contributed by atoms with Gasteiger partial charge in [0.15, 0.2) is 23.5 Å². The molecule has 4 aliphatic carbocycles. The Kier molecular flexibility index (Phi) is 6.76. The Balaban J connectivity index is 1.19. The lowest BCUT2D eigenvalue weighted by Crippen LogP contribution is -2.63. The molecule has 1 aromatic carbocycles.